The number of fused-ring (bicyclic) bond motifs is 2. The van der Waals surface area contributed by atoms with E-state index in [-0.39, 0.29) is 23.6 Å². The molecule has 0 bridgehead atoms. The molecular formula is C24H26N4O6S. The fourth-order valence-corrected chi connectivity index (χ4v) is 6.41. The molecule has 3 heterocycles. The van der Waals surface area contributed by atoms with Gasteiger partial charge < -0.3 is 15.4 Å². The van der Waals surface area contributed by atoms with E-state index in [1.807, 2.05) is 0 Å². The Morgan fingerprint density at radius 2 is 1.83 bits per heavy atom. The molecule has 3 aliphatic heterocycles. The van der Waals surface area contributed by atoms with Gasteiger partial charge in [-0.15, -0.1) is 0 Å². The molecule has 10 nitrogen and oxygen atoms in total. The van der Waals surface area contributed by atoms with E-state index >= 15 is 0 Å². The highest BCUT2D eigenvalue weighted by atomic mass is 32.2. The summed E-state index contributed by atoms with van der Waals surface area (Å²) in [6.45, 7) is 0.696. The van der Waals surface area contributed by atoms with E-state index in [4.69, 9.17) is 4.74 Å². The first-order chi connectivity index (χ1) is 16.8. The summed E-state index contributed by atoms with van der Waals surface area (Å²) in [5.41, 5.74) is -0.441. The van der Waals surface area contributed by atoms with Crippen LogP contribution < -0.4 is 15.4 Å². The second-order valence-corrected chi connectivity index (χ2v) is 10.8. The van der Waals surface area contributed by atoms with Gasteiger partial charge in [-0.3, -0.25) is 14.5 Å². The molecule has 1 spiro atoms. The van der Waals surface area contributed by atoms with Crippen LogP contribution in [0.15, 0.2) is 53.4 Å². The molecule has 0 aliphatic carbocycles. The fourth-order valence-electron chi connectivity index (χ4n) is 4.85. The molecule has 0 unspecified atom stereocenters. The second-order valence-electron chi connectivity index (χ2n) is 8.86. The van der Waals surface area contributed by atoms with E-state index in [2.05, 4.69) is 10.6 Å². The van der Waals surface area contributed by atoms with Gasteiger partial charge in [0.15, 0.2) is 5.54 Å². The number of nitrogens with zero attached hydrogens (tertiary/aromatic N) is 2. The lowest BCUT2D eigenvalue weighted by molar-refractivity contribution is -0.135. The SMILES string of the molecule is O=C(CN1C(=O)N[C@@]2(CCOc3ccccc32)C1=O)Nc1cccc(S(=O)(=O)N2CCCCC2)c1. The average Bonchev–Trinajstić information content (AvgIpc) is 3.09. The highest BCUT2D eigenvalue weighted by Crippen LogP contribution is 2.40. The maximum Gasteiger partial charge on any atom is 0.325 e. The van der Waals surface area contributed by atoms with Gasteiger partial charge in [0.1, 0.15) is 12.3 Å². The van der Waals surface area contributed by atoms with Crippen molar-refractivity contribution >= 4 is 33.6 Å². The van der Waals surface area contributed by atoms with Gasteiger partial charge in [0.05, 0.1) is 11.5 Å². The summed E-state index contributed by atoms with van der Waals surface area (Å²) in [6.07, 6.45) is 2.90. The summed E-state index contributed by atoms with van der Waals surface area (Å²) in [5, 5.41) is 5.37. The van der Waals surface area contributed by atoms with Gasteiger partial charge in [-0.05, 0) is 37.1 Å². The molecule has 184 valence electrons. The van der Waals surface area contributed by atoms with Crippen LogP contribution in [0.2, 0.25) is 0 Å². The van der Waals surface area contributed by atoms with Crippen molar-refractivity contribution in [3.8, 4) is 5.75 Å². The molecule has 11 heteroatoms. The normalized spacial score (nSPS) is 22.5. The molecule has 2 fully saturated rings. The monoisotopic (exact) mass is 498 g/mol. The summed E-state index contributed by atoms with van der Waals surface area (Å²) in [4.78, 5) is 39.8. The lowest BCUT2D eigenvalue weighted by Gasteiger charge is -2.33. The van der Waals surface area contributed by atoms with Crippen LogP contribution in [0.1, 0.15) is 31.2 Å². The number of para-hydroxylation sites is 1. The molecule has 3 aliphatic rings. The van der Waals surface area contributed by atoms with Gasteiger partial charge in [-0.2, -0.15) is 4.31 Å². The third-order valence-corrected chi connectivity index (χ3v) is 8.52. The standard InChI is InChI=1S/C24H26N4O6S/c29-21(25-17-7-6-8-18(15-17)35(32,33)27-12-4-1-5-13-27)16-28-22(30)24(26-23(28)31)11-14-34-20-10-3-2-9-19(20)24/h2-3,6-10,15H,1,4-5,11-14,16H2,(H,25,29)(H,26,31)/t24-/m1/s1. The predicted molar refractivity (Wildman–Crippen MR) is 126 cm³/mol. The van der Waals surface area contributed by atoms with E-state index in [0.717, 1.165) is 24.2 Å². The maximum absolute atomic E-state index is 13.3. The van der Waals surface area contributed by atoms with Gasteiger partial charge in [0, 0.05) is 30.8 Å². The highest BCUT2D eigenvalue weighted by molar-refractivity contribution is 7.89. The molecule has 2 aromatic carbocycles. The smallest absolute Gasteiger partial charge is 0.325 e. The van der Waals surface area contributed by atoms with Crippen molar-refractivity contribution in [3.05, 3.63) is 54.1 Å². The Morgan fingerprint density at radius 1 is 1.06 bits per heavy atom. The number of urea groups is 1. The number of sulfonamides is 1. The van der Waals surface area contributed by atoms with Crippen molar-refractivity contribution in [2.45, 2.75) is 36.1 Å². The molecule has 2 N–H and O–H groups in total. The van der Waals surface area contributed by atoms with E-state index in [1.165, 1.54) is 16.4 Å². The van der Waals surface area contributed by atoms with Crippen LogP contribution in [0, 0.1) is 0 Å². The summed E-state index contributed by atoms with van der Waals surface area (Å²) in [6, 6.07) is 12.3. The molecule has 0 radical (unpaired) electrons. The largest absolute Gasteiger partial charge is 0.493 e. The van der Waals surface area contributed by atoms with Gasteiger partial charge >= 0.3 is 6.03 Å². The topological polar surface area (TPSA) is 125 Å². The lowest BCUT2D eigenvalue weighted by atomic mass is 9.84. The molecule has 35 heavy (non-hydrogen) atoms. The van der Waals surface area contributed by atoms with Crippen molar-refractivity contribution in [2.24, 2.45) is 0 Å². The summed E-state index contributed by atoms with van der Waals surface area (Å²) in [5.74, 6) is -0.612. The van der Waals surface area contributed by atoms with E-state index in [9.17, 15) is 22.8 Å². The quantitative estimate of drug-likeness (QED) is 0.608. The number of imide groups is 1. The van der Waals surface area contributed by atoms with E-state index in [1.54, 1.807) is 36.4 Å². The van der Waals surface area contributed by atoms with Gasteiger partial charge in [0.2, 0.25) is 15.9 Å². The summed E-state index contributed by atoms with van der Waals surface area (Å²) in [7, 11) is -3.67. The number of anilines is 1. The van der Waals surface area contributed by atoms with Gasteiger partial charge in [-0.25, -0.2) is 13.2 Å². The maximum atomic E-state index is 13.3. The van der Waals surface area contributed by atoms with Crippen LogP contribution in [-0.2, 0) is 25.2 Å². The predicted octanol–water partition coefficient (Wildman–Crippen LogP) is 2.03. The lowest BCUT2D eigenvalue weighted by Crippen LogP contribution is -2.48. The first-order valence-corrected chi connectivity index (χ1v) is 13.0. The van der Waals surface area contributed by atoms with Crippen molar-refractivity contribution in [2.75, 3.05) is 31.6 Å². The third kappa shape index (κ3) is 4.14. The minimum Gasteiger partial charge on any atom is -0.493 e. The number of amides is 4. The highest BCUT2D eigenvalue weighted by Gasteiger charge is 2.55. The van der Waals surface area contributed by atoms with Crippen molar-refractivity contribution in [1.29, 1.82) is 0 Å². The summed E-state index contributed by atoms with van der Waals surface area (Å²) < 4.78 is 33.0. The average molecular weight is 499 g/mol. The summed E-state index contributed by atoms with van der Waals surface area (Å²) >= 11 is 0. The molecule has 4 amide bonds. The number of ether oxygens (including phenoxy) is 1. The van der Waals surface area contributed by atoms with Crippen LogP contribution in [-0.4, -0.2) is 61.7 Å². The molecule has 5 rings (SSSR count). The zero-order chi connectivity index (χ0) is 24.6. The first-order valence-electron chi connectivity index (χ1n) is 11.6. The van der Waals surface area contributed by atoms with Crippen molar-refractivity contribution in [1.82, 2.24) is 14.5 Å². The first kappa shape index (κ1) is 23.3. The number of carbonyl (C=O) groups excluding carboxylic acids is 3. The Morgan fingerprint density at radius 3 is 2.63 bits per heavy atom. The number of benzene rings is 2. The molecular weight excluding hydrogens is 472 g/mol. The van der Waals surface area contributed by atoms with Crippen LogP contribution in [0.4, 0.5) is 10.5 Å². The van der Waals surface area contributed by atoms with Crippen LogP contribution in [0.25, 0.3) is 0 Å². The zero-order valence-electron chi connectivity index (χ0n) is 19.0. The van der Waals surface area contributed by atoms with Crippen molar-refractivity contribution < 1.29 is 27.5 Å². The Hall–Kier alpha value is -3.44. The number of hydrogen-bond donors (Lipinski definition) is 2. The minimum atomic E-state index is -3.67. The number of rotatable bonds is 5. The van der Waals surface area contributed by atoms with E-state index in [0.29, 0.717) is 24.4 Å². The minimum absolute atomic E-state index is 0.0879. The Balaban J connectivity index is 1.30. The molecule has 2 saturated heterocycles. The van der Waals surface area contributed by atoms with E-state index < -0.39 is 40.0 Å². The number of hydrogen-bond acceptors (Lipinski definition) is 6. The van der Waals surface area contributed by atoms with Crippen molar-refractivity contribution in [3.63, 3.8) is 0 Å². The second kappa shape index (κ2) is 8.97. The Kier molecular flexibility index (Phi) is 5.97. The molecule has 0 aromatic heterocycles. The van der Waals surface area contributed by atoms with Crippen LogP contribution in [0.3, 0.4) is 0 Å². The van der Waals surface area contributed by atoms with Gasteiger partial charge in [0.25, 0.3) is 5.91 Å². The zero-order valence-corrected chi connectivity index (χ0v) is 19.8. The number of piperidine rings is 1. The third-order valence-electron chi connectivity index (χ3n) is 6.63. The Labute approximate surface area is 203 Å². The van der Waals surface area contributed by atoms with Gasteiger partial charge in [-0.1, -0.05) is 30.7 Å². The Bertz CT molecular complexity index is 1290. The van der Waals surface area contributed by atoms with Crippen LogP contribution >= 0.6 is 0 Å². The fraction of sp³-hybridized carbons (Fsp3) is 0.375. The number of carbonyl (C=O) groups is 3. The molecule has 1 atom stereocenters. The molecule has 0 saturated carbocycles. The number of nitrogens with one attached hydrogen (secondary N) is 2. The van der Waals surface area contributed by atoms with Crippen LogP contribution in [0.5, 0.6) is 5.75 Å². The molecule has 2 aromatic rings.